The Morgan fingerprint density at radius 1 is 1.33 bits per heavy atom. The molecular weight excluding hydrogens is 228 g/mol. The van der Waals surface area contributed by atoms with Crippen LogP contribution in [0, 0.1) is 5.92 Å². The summed E-state index contributed by atoms with van der Waals surface area (Å²) in [6.07, 6.45) is 5.90. The second-order valence-electron chi connectivity index (χ2n) is 4.71. The van der Waals surface area contributed by atoms with Gasteiger partial charge in [-0.1, -0.05) is 6.92 Å². The molecule has 0 bridgehead atoms. The summed E-state index contributed by atoms with van der Waals surface area (Å²) >= 11 is 0. The molecule has 2 heterocycles. The van der Waals surface area contributed by atoms with Crippen molar-refractivity contribution in [1.82, 2.24) is 14.9 Å². The Morgan fingerprint density at radius 2 is 2.00 bits per heavy atom. The van der Waals surface area contributed by atoms with Crippen LogP contribution in [0.25, 0.3) is 0 Å². The zero-order chi connectivity index (χ0) is 12.8. The third-order valence-corrected chi connectivity index (χ3v) is 3.57. The monoisotopic (exact) mass is 250 g/mol. The van der Waals surface area contributed by atoms with Crippen LogP contribution in [-0.4, -0.2) is 48.2 Å². The van der Waals surface area contributed by atoms with Gasteiger partial charge in [0.25, 0.3) is 0 Å². The SMILES string of the molecule is CCN1CCC(CNc2ncc(OC)cn2)CC1. The fraction of sp³-hybridized carbons (Fsp3) is 0.692. The van der Waals surface area contributed by atoms with Crippen LogP contribution in [0.5, 0.6) is 5.75 Å². The summed E-state index contributed by atoms with van der Waals surface area (Å²) in [7, 11) is 1.62. The van der Waals surface area contributed by atoms with Crippen molar-refractivity contribution in [3.8, 4) is 5.75 Å². The van der Waals surface area contributed by atoms with Crippen molar-refractivity contribution >= 4 is 5.95 Å². The zero-order valence-electron chi connectivity index (χ0n) is 11.2. The van der Waals surface area contributed by atoms with Crippen LogP contribution in [0.3, 0.4) is 0 Å². The van der Waals surface area contributed by atoms with Gasteiger partial charge in [-0.15, -0.1) is 0 Å². The topological polar surface area (TPSA) is 50.3 Å². The lowest BCUT2D eigenvalue weighted by atomic mass is 9.97. The molecule has 0 aromatic carbocycles. The lowest BCUT2D eigenvalue weighted by Crippen LogP contribution is -2.35. The van der Waals surface area contributed by atoms with Crippen molar-refractivity contribution in [2.45, 2.75) is 19.8 Å². The third-order valence-electron chi connectivity index (χ3n) is 3.57. The average molecular weight is 250 g/mol. The van der Waals surface area contributed by atoms with Crippen molar-refractivity contribution in [2.75, 3.05) is 38.6 Å². The highest BCUT2D eigenvalue weighted by Gasteiger charge is 2.17. The van der Waals surface area contributed by atoms with Crippen LogP contribution < -0.4 is 10.1 Å². The smallest absolute Gasteiger partial charge is 0.222 e. The second kappa shape index (κ2) is 6.54. The molecule has 0 saturated carbocycles. The minimum absolute atomic E-state index is 0.689. The van der Waals surface area contributed by atoms with Gasteiger partial charge in [0.05, 0.1) is 19.5 Å². The summed E-state index contributed by atoms with van der Waals surface area (Å²) in [4.78, 5) is 10.9. The van der Waals surface area contributed by atoms with E-state index in [4.69, 9.17) is 4.74 Å². The fourth-order valence-electron chi connectivity index (χ4n) is 2.26. The average Bonchev–Trinajstić information content (AvgIpc) is 2.46. The second-order valence-corrected chi connectivity index (χ2v) is 4.71. The van der Waals surface area contributed by atoms with E-state index in [-0.39, 0.29) is 0 Å². The fourth-order valence-corrected chi connectivity index (χ4v) is 2.26. The minimum Gasteiger partial charge on any atom is -0.494 e. The van der Waals surface area contributed by atoms with Crippen LogP contribution in [0.4, 0.5) is 5.95 Å². The Balaban J connectivity index is 1.74. The molecule has 5 heteroatoms. The van der Waals surface area contributed by atoms with Gasteiger partial charge in [-0.05, 0) is 38.4 Å². The highest BCUT2D eigenvalue weighted by atomic mass is 16.5. The molecule has 2 rings (SSSR count). The van der Waals surface area contributed by atoms with Crippen molar-refractivity contribution in [2.24, 2.45) is 5.92 Å². The Labute approximate surface area is 109 Å². The Kier molecular flexibility index (Phi) is 4.75. The molecule has 1 aromatic heterocycles. The quantitative estimate of drug-likeness (QED) is 0.860. The van der Waals surface area contributed by atoms with E-state index >= 15 is 0 Å². The molecule has 0 radical (unpaired) electrons. The largest absolute Gasteiger partial charge is 0.494 e. The van der Waals surface area contributed by atoms with Gasteiger partial charge in [0.15, 0.2) is 5.75 Å². The number of piperidine rings is 1. The highest BCUT2D eigenvalue weighted by Crippen LogP contribution is 2.17. The van der Waals surface area contributed by atoms with Gasteiger partial charge in [0, 0.05) is 6.54 Å². The molecule has 5 nitrogen and oxygen atoms in total. The van der Waals surface area contributed by atoms with E-state index in [0.29, 0.717) is 11.7 Å². The van der Waals surface area contributed by atoms with E-state index in [2.05, 4.69) is 27.1 Å². The molecule has 1 fully saturated rings. The van der Waals surface area contributed by atoms with Crippen molar-refractivity contribution < 1.29 is 4.74 Å². The normalized spacial score (nSPS) is 17.7. The number of nitrogens with one attached hydrogen (secondary N) is 1. The first-order chi connectivity index (χ1) is 8.81. The first-order valence-electron chi connectivity index (χ1n) is 6.64. The van der Waals surface area contributed by atoms with E-state index in [1.165, 1.54) is 32.5 Å². The molecule has 0 unspecified atom stereocenters. The van der Waals surface area contributed by atoms with Crippen molar-refractivity contribution in [3.05, 3.63) is 12.4 Å². The summed E-state index contributed by atoms with van der Waals surface area (Å²) < 4.78 is 5.03. The van der Waals surface area contributed by atoms with E-state index in [9.17, 15) is 0 Å². The number of rotatable bonds is 5. The van der Waals surface area contributed by atoms with E-state index in [1.54, 1.807) is 19.5 Å². The summed E-state index contributed by atoms with van der Waals surface area (Å²) in [5, 5.41) is 3.30. The van der Waals surface area contributed by atoms with Gasteiger partial charge in [-0.2, -0.15) is 0 Å². The number of hydrogen-bond acceptors (Lipinski definition) is 5. The lowest BCUT2D eigenvalue weighted by Gasteiger charge is -2.30. The predicted molar refractivity (Wildman–Crippen MR) is 71.9 cm³/mol. The van der Waals surface area contributed by atoms with Gasteiger partial charge in [0.1, 0.15) is 0 Å². The molecule has 0 aliphatic carbocycles. The molecule has 1 aromatic rings. The van der Waals surface area contributed by atoms with Crippen LogP contribution in [-0.2, 0) is 0 Å². The van der Waals surface area contributed by atoms with Gasteiger partial charge in [-0.25, -0.2) is 9.97 Å². The predicted octanol–water partition coefficient (Wildman–Crippen LogP) is 1.63. The van der Waals surface area contributed by atoms with Crippen molar-refractivity contribution in [1.29, 1.82) is 0 Å². The first kappa shape index (κ1) is 13.1. The first-order valence-corrected chi connectivity index (χ1v) is 6.64. The van der Waals surface area contributed by atoms with Gasteiger partial charge >= 0.3 is 0 Å². The Hall–Kier alpha value is -1.36. The molecule has 0 amide bonds. The number of nitrogens with zero attached hydrogens (tertiary/aromatic N) is 3. The third kappa shape index (κ3) is 3.57. The summed E-state index contributed by atoms with van der Waals surface area (Å²) in [5.74, 6) is 2.11. The summed E-state index contributed by atoms with van der Waals surface area (Å²) in [6, 6.07) is 0. The van der Waals surface area contributed by atoms with Crippen LogP contribution in [0.2, 0.25) is 0 Å². The number of ether oxygens (including phenoxy) is 1. The molecule has 18 heavy (non-hydrogen) atoms. The van der Waals surface area contributed by atoms with Crippen molar-refractivity contribution in [3.63, 3.8) is 0 Å². The molecule has 1 saturated heterocycles. The number of methoxy groups -OCH3 is 1. The maximum Gasteiger partial charge on any atom is 0.222 e. The van der Waals surface area contributed by atoms with Gasteiger partial charge < -0.3 is 15.0 Å². The molecule has 100 valence electrons. The Morgan fingerprint density at radius 3 is 2.56 bits per heavy atom. The lowest BCUT2D eigenvalue weighted by molar-refractivity contribution is 0.198. The van der Waals surface area contributed by atoms with Crippen LogP contribution >= 0.6 is 0 Å². The maximum atomic E-state index is 5.03. The highest BCUT2D eigenvalue weighted by molar-refractivity contribution is 5.26. The molecule has 1 aliphatic heterocycles. The molecular formula is C13H22N4O. The summed E-state index contributed by atoms with van der Waals surface area (Å²) in [5.41, 5.74) is 0. The summed E-state index contributed by atoms with van der Waals surface area (Å²) in [6.45, 7) is 6.79. The molecule has 0 spiro atoms. The van der Waals surface area contributed by atoms with E-state index in [1.807, 2.05) is 0 Å². The van der Waals surface area contributed by atoms with Crippen LogP contribution in [0.1, 0.15) is 19.8 Å². The number of aromatic nitrogens is 2. The van der Waals surface area contributed by atoms with Gasteiger partial charge in [-0.3, -0.25) is 0 Å². The molecule has 0 atom stereocenters. The van der Waals surface area contributed by atoms with Crippen LogP contribution in [0.15, 0.2) is 12.4 Å². The minimum atomic E-state index is 0.689. The molecule has 1 N–H and O–H groups in total. The molecule has 1 aliphatic rings. The maximum absolute atomic E-state index is 5.03. The zero-order valence-corrected chi connectivity index (χ0v) is 11.2. The Bertz CT molecular complexity index is 347. The number of hydrogen-bond donors (Lipinski definition) is 1. The van der Waals surface area contributed by atoms with E-state index < -0.39 is 0 Å². The van der Waals surface area contributed by atoms with Gasteiger partial charge in [0.2, 0.25) is 5.95 Å². The standard InChI is InChI=1S/C13H22N4O/c1-3-17-6-4-11(5-7-17)8-14-13-15-9-12(18-2)10-16-13/h9-11H,3-8H2,1-2H3,(H,14,15,16). The number of anilines is 1. The number of likely N-dealkylation sites (tertiary alicyclic amines) is 1. The van der Waals surface area contributed by atoms with E-state index in [0.717, 1.165) is 12.5 Å².